The average molecular weight is 151 g/mol. The highest BCUT2D eigenvalue weighted by molar-refractivity contribution is 5.01. The molecule has 0 aliphatic heterocycles. The van der Waals surface area contributed by atoms with Crippen LogP contribution in [0.2, 0.25) is 0 Å². The van der Waals surface area contributed by atoms with E-state index < -0.39 is 0 Å². The lowest BCUT2D eigenvalue weighted by Gasteiger charge is -2.42. The maximum absolute atomic E-state index is 6.04. The summed E-state index contributed by atoms with van der Waals surface area (Å²) in [5.41, 5.74) is 6.04. The third kappa shape index (κ3) is 0.807. The molecule has 3 fully saturated rings. The van der Waals surface area contributed by atoms with E-state index in [4.69, 9.17) is 5.73 Å². The van der Waals surface area contributed by atoms with Gasteiger partial charge < -0.3 is 5.73 Å². The van der Waals surface area contributed by atoms with Crippen LogP contribution in [0.1, 0.15) is 32.1 Å². The van der Waals surface area contributed by atoms with Crippen molar-refractivity contribution >= 4 is 0 Å². The van der Waals surface area contributed by atoms with Crippen molar-refractivity contribution in [3.05, 3.63) is 0 Å². The molecule has 0 aromatic heterocycles. The predicted molar refractivity (Wildman–Crippen MR) is 45.0 cm³/mol. The van der Waals surface area contributed by atoms with Crippen LogP contribution in [0.3, 0.4) is 0 Å². The molecule has 3 saturated carbocycles. The van der Waals surface area contributed by atoms with Crippen LogP contribution >= 0.6 is 0 Å². The Morgan fingerprint density at radius 3 is 2.55 bits per heavy atom. The molecular formula is C10H17N. The lowest BCUT2D eigenvalue weighted by Crippen LogP contribution is -2.37. The quantitative estimate of drug-likeness (QED) is 0.561. The Hall–Kier alpha value is -0.0400. The molecule has 1 nitrogen and oxygen atoms in total. The van der Waals surface area contributed by atoms with Gasteiger partial charge in [-0.1, -0.05) is 0 Å². The van der Waals surface area contributed by atoms with Gasteiger partial charge >= 0.3 is 0 Å². The first-order chi connectivity index (χ1) is 5.33. The summed E-state index contributed by atoms with van der Waals surface area (Å²) in [7, 11) is 0. The molecule has 62 valence electrons. The molecule has 0 aromatic rings. The summed E-state index contributed by atoms with van der Waals surface area (Å²) in [6, 6.07) is 0.552. The van der Waals surface area contributed by atoms with E-state index in [2.05, 4.69) is 0 Å². The lowest BCUT2D eigenvalue weighted by atomic mass is 9.64. The van der Waals surface area contributed by atoms with E-state index in [9.17, 15) is 0 Å². The van der Waals surface area contributed by atoms with E-state index >= 15 is 0 Å². The van der Waals surface area contributed by atoms with Crippen molar-refractivity contribution in [1.82, 2.24) is 0 Å². The second kappa shape index (κ2) is 2.01. The summed E-state index contributed by atoms with van der Waals surface area (Å²) >= 11 is 0. The normalized spacial score (nSPS) is 60.3. The second-order valence-electron chi connectivity index (χ2n) is 4.99. The first kappa shape index (κ1) is 6.47. The largest absolute Gasteiger partial charge is 0.328 e. The smallest absolute Gasteiger partial charge is 0.00442 e. The van der Waals surface area contributed by atoms with Crippen LogP contribution in [0.25, 0.3) is 0 Å². The first-order valence-electron chi connectivity index (χ1n) is 5.08. The Kier molecular flexibility index (Phi) is 1.18. The molecule has 0 spiro atoms. The van der Waals surface area contributed by atoms with Gasteiger partial charge in [-0.25, -0.2) is 0 Å². The van der Waals surface area contributed by atoms with Gasteiger partial charge in [0.2, 0.25) is 0 Å². The lowest BCUT2D eigenvalue weighted by molar-refractivity contribution is 0.0875. The van der Waals surface area contributed by atoms with Crippen molar-refractivity contribution in [2.75, 3.05) is 0 Å². The second-order valence-corrected chi connectivity index (χ2v) is 4.99. The van der Waals surface area contributed by atoms with Crippen LogP contribution in [0.15, 0.2) is 0 Å². The van der Waals surface area contributed by atoms with E-state index in [0.29, 0.717) is 6.04 Å². The van der Waals surface area contributed by atoms with Crippen molar-refractivity contribution in [1.29, 1.82) is 0 Å². The summed E-state index contributed by atoms with van der Waals surface area (Å²) in [6.45, 7) is 0. The molecule has 2 bridgehead atoms. The SMILES string of the molecule is N[C@@H]1C[C@H]2CC3C[C@@H](C1)C3C2. The van der Waals surface area contributed by atoms with Crippen LogP contribution in [0.5, 0.6) is 0 Å². The van der Waals surface area contributed by atoms with Crippen LogP contribution < -0.4 is 5.73 Å². The van der Waals surface area contributed by atoms with Crippen molar-refractivity contribution in [2.45, 2.75) is 38.1 Å². The van der Waals surface area contributed by atoms with E-state index in [1.165, 1.54) is 32.1 Å². The van der Waals surface area contributed by atoms with Gasteiger partial charge in [-0.2, -0.15) is 0 Å². The zero-order valence-electron chi connectivity index (χ0n) is 7.00. The van der Waals surface area contributed by atoms with E-state index in [-0.39, 0.29) is 0 Å². The van der Waals surface area contributed by atoms with Crippen LogP contribution in [-0.2, 0) is 0 Å². The molecule has 2 unspecified atom stereocenters. The standard InChI is InChI=1S/C10H17N/c11-9-2-6-1-7-4-8(5-9)10(7)3-6/h6-10H,1-5,11H2/t6-,7?,8+,9-,10?/m1/s1. The number of hydrogen-bond acceptors (Lipinski definition) is 1. The molecule has 1 heteroatoms. The fraction of sp³-hybridized carbons (Fsp3) is 1.00. The highest BCUT2D eigenvalue weighted by atomic mass is 14.7. The fourth-order valence-corrected chi connectivity index (χ4v) is 3.87. The van der Waals surface area contributed by atoms with E-state index in [1.807, 2.05) is 0 Å². The predicted octanol–water partition coefficient (Wildman–Crippen LogP) is 1.77. The summed E-state index contributed by atoms with van der Waals surface area (Å²) in [5, 5.41) is 0. The van der Waals surface area contributed by atoms with Crippen LogP contribution in [-0.4, -0.2) is 6.04 Å². The summed E-state index contributed by atoms with van der Waals surface area (Å²) in [6.07, 6.45) is 7.26. The molecule has 0 radical (unpaired) electrons. The highest BCUT2D eigenvalue weighted by Gasteiger charge is 2.49. The molecule has 0 saturated heterocycles. The van der Waals surface area contributed by atoms with Gasteiger partial charge in [-0.3, -0.25) is 0 Å². The Labute approximate surface area is 68.3 Å². The monoisotopic (exact) mass is 151 g/mol. The average Bonchev–Trinajstić information content (AvgIpc) is 2.14. The highest BCUT2D eigenvalue weighted by Crippen LogP contribution is 2.57. The van der Waals surface area contributed by atoms with E-state index in [0.717, 1.165) is 23.7 Å². The van der Waals surface area contributed by atoms with Crippen LogP contribution in [0.4, 0.5) is 0 Å². The number of nitrogens with two attached hydrogens (primary N) is 1. The number of rotatable bonds is 0. The Morgan fingerprint density at radius 1 is 0.818 bits per heavy atom. The van der Waals surface area contributed by atoms with Crippen LogP contribution in [0, 0.1) is 23.7 Å². The minimum atomic E-state index is 0.552. The van der Waals surface area contributed by atoms with Crippen molar-refractivity contribution in [3.8, 4) is 0 Å². The zero-order valence-corrected chi connectivity index (χ0v) is 7.00. The maximum Gasteiger partial charge on any atom is 0.00442 e. The molecule has 11 heavy (non-hydrogen) atoms. The molecule has 3 rings (SSSR count). The van der Waals surface area contributed by atoms with Gasteiger partial charge in [0.15, 0.2) is 0 Å². The molecular weight excluding hydrogens is 134 g/mol. The molecule has 0 amide bonds. The van der Waals surface area contributed by atoms with Crippen molar-refractivity contribution in [2.24, 2.45) is 29.4 Å². The van der Waals surface area contributed by atoms with E-state index in [1.54, 1.807) is 0 Å². The minimum absolute atomic E-state index is 0.552. The molecule has 0 heterocycles. The third-order valence-corrected chi connectivity index (χ3v) is 4.30. The zero-order chi connectivity index (χ0) is 7.42. The summed E-state index contributed by atoms with van der Waals surface area (Å²) in [4.78, 5) is 0. The van der Waals surface area contributed by atoms with Crippen molar-refractivity contribution < 1.29 is 0 Å². The number of fused-ring (bicyclic) bond motifs is 1. The van der Waals surface area contributed by atoms with Crippen molar-refractivity contribution in [3.63, 3.8) is 0 Å². The molecule has 2 N–H and O–H groups in total. The van der Waals surface area contributed by atoms with Gasteiger partial charge in [0.25, 0.3) is 0 Å². The third-order valence-electron chi connectivity index (χ3n) is 4.30. The topological polar surface area (TPSA) is 26.0 Å². The Balaban J connectivity index is 1.85. The first-order valence-corrected chi connectivity index (χ1v) is 5.08. The molecule has 5 atom stereocenters. The molecule has 3 aliphatic rings. The molecule has 0 aromatic carbocycles. The molecule has 3 aliphatic carbocycles. The summed E-state index contributed by atoms with van der Waals surface area (Å²) in [5.74, 6) is 4.32. The maximum atomic E-state index is 6.04. The van der Waals surface area contributed by atoms with Gasteiger partial charge in [0.05, 0.1) is 0 Å². The van der Waals surface area contributed by atoms with Gasteiger partial charge in [-0.05, 0) is 55.8 Å². The minimum Gasteiger partial charge on any atom is -0.328 e. The Morgan fingerprint density at radius 2 is 1.64 bits per heavy atom. The summed E-state index contributed by atoms with van der Waals surface area (Å²) < 4.78 is 0. The van der Waals surface area contributed by atoms with Gasteiger partial charge in [0, 0.05) is 6.04 Å². The van der Waals surface area contributed by atoms with Gasteiger partial charge in [-0.15, -0.1) is 0 Å². The Bertz CT molecular complexity index is 172. The number of hydrogen-bond donors (Lipinski definition) is 1. The fourth-order valence-electron chi connectivity index (χ4n) is 3.87. The van der Waals surface area contributed by atoms with Gasteiger partial charge in [0.1, 0.15) is 0 Å².